The third-order valence-electron chi connectivity index (χ3n) is 3.43. The molecule has 1 saturated carbocycles. The van der Waals surface area contributed by atoms with E-state index in [4.69, 9.17) is 0 Å². The predicted octanol–water partition coefficient (Wildman–Crippen LogP) is 1.63. The molecule has 2 N–H and O–H groups in total. The van der Waals surface area contributed by atoms with Crippen LogP contribution in [0, 0.1) is 5.92 Å². The first kappa shape index (κ1) is 10.8. The van der Waals surface area contributed by atoms with Gasteiger partial charge in [-0.05, 0) is 18.8 Å². The summed E-state index contributed by atoms with van der Waals surface area (Å²) in [5, 5.41) is 13.8. The van der Waals surface area contributed by atoms with Crippen LogP contribution >= 0.6 is 11.8 Å². The summed E-state index contributed by atoms with van der Waals surface area (Å²) in [5.41, 5.74) is -0.405. The monoisotopic (exact) mass is 215 g/mol. The van der Waals surface area contributed by atoms with Gasteiger partial charge in [0, 0.05) is 24.1 Å². The Bertz CT molecular complexity index is 196. The summed E-state index contributed by atoms with van der Waals surface area (Å²) in [4.78, 5) is 0. The van der Waals surface area contributed by atoms with Crippen LogP contribution in [0.5, 0.6) is 0 Å². The minimum atomic E-state index is -0.405. The molecule has 0 spiro atoms. The van der Waals surface area contributed by atoms with Crippen molar-refractivity contribution in [1.29, 1.82) is 0 Å². The topological polar surface area (TPSA) is 32.3 Å². The Hall–Kier alpha value is 0.270. The van der Waals surface area contributed by atoms with Gasteiger partial charge in [0.1, 0.15) is 0 Å². The summed E-state index contributed by atoms with van der Waals surface area (Å²) < 4.78 is 0. The molecule has 0 radical (unpaired) electrons. The van der Waals surface area contributed by atoms with E-state index in [1.54, 1.807) is 0 Å². The highest BCUT2D eigenvalue weighted by atomic mass is 32.2. The van der Waals surface area contributed by atoms with Crippen molar-refractivity contribution in [1.82, 2.24) is 5.32 Å². The fourth-order valence-corrected chi connectivity index (χ4v) is 3.19. The fraction of sp³-hybridized carbons (Fsp3) is 1.00. The molecule has 3 heteroatoms. The van der Waals surface area contributed by atoms with Crippen molar-refractivity contribution in [2.45, 2.75) is 44.2 Å². The summed E-state index contributed by atoms with van der Waals surface area (Å²) in [7, 11) is 0. The third-order valence-corrected chi connectivity index (χ3v) is 4.70. The Kier molecular flexibility index (Phi) is 3.40. The zero-order valence-electron chi connectivity index (χ0n) is 8.96. The van der Waals surface area contributed by atoms with Crippen molar-refractivity contribution in [2.75, 3.05) is 18.1 Å². The average molecular weight is 215 g/mol. The second-order valence-electron chi connectivity index (χ2n) is 5.04. The Morgan fingerprint density at radius 1 is 1.50 bits per heavy atom. The maximum absolute atomic E-state index is 10.3. The van der Waals surface area contributed by atoms with Crippen LogP contribution in [0.25, 0.3) is 0 Å². The standard InChI is InChI=1S/C11H21NOS/c1-9-3-2-4-11(13,5-9)8-12-10-6-14-7-10/h9-10,12-13H,2-8H2,1H3. The molecule has 0 aromatic rings. The molecule has 1 aliphatic carbocycles. The fourth-order valence-electron chi connectivity index (χ4n) is 2.48. The highest BCUT2D eigenvalue weighted by Crippen LogP contribution is 2.32. The van der Waals surface area contributed by atoms with E-state index in [2.05, 4.69) is 12.2 Å². The van der Waals surface area contributed by atoms with Crippen molar-refractivity contribution in [2.24, 2.45) is 5.92 Å². The van der Waals surface area contributed by atoms with E-state index in [9.17, 15) is 5.11 Å². The molecule has 2 unspecified atom stereocenters. The van der Waals surface area contributed by atoms with Gasteiger partial charge in [0.25, 0.3) is 0 Å². The Labute approximate surface area is 90.8 Å². The lowest BCUT2D eigenvalue weighted by molar-refractivity contribution is -0.0130. The molecule has 2 fully saturated rings. The number of rotatable bonds is 3. The van der Waals surface area contributed by atoms with Crippen molar-refractivity contribution in [3.63, 3.8) is 0 Å². The summed E-state index contributed by atoms with van der Waals surface area (Å²) in [6.07, 6.45) is 4.46. The van der Waals surface area contributed by atoms with Crippen molar-refractivity contribution < 1.29 is 5.11 Å². The van der Waals surface area contributed by atoms with Crippen LogP contribution < -0.4 is 5.32 Å². The molecule has 0 aromatic heterocycles. The molecular formula is C11H21NOS. The molecular weight excluding hydrogens is 194 g/mol. The van der Waals surface area contributed by atoms with Crippen LogP contribution in [0.3, 0.4) is 0 Å². The maximum atomic E-state index is 10.3. The van der Waals surface area contributed by atoms with Crippen LogP contribution in [-0.2, 0) is 0 Å². The molecule has 2 atom stereocenters. The van der Waals surface area contributed by atoms with E-state index in [1.807, 2.05) is 11.8 Å². The lowest BCUT2D eigenvalue weighted by Gasteiger charge is -2.38. The molecule has 1 heterocycles. The average Bonchev–Trinajstić information content (AvgIpc) is 2.00. The number of hydrogen-bond donors (Lipinski definition) is 2. The van der Waals surface area contributed by atoms with Gasteiger partial charge in [0.15, 0.2) is 0 Å². The van der Waals surface area contributed by atoms with Gasteiger partial charge in [-0.3, -0.25) is 0 Å². The van der Waals surface area contributed by atoms with E-state index in [1.165, 1.54) is 24.3 Å². The summed E-state index contributed by atoms with van der Waals surface area (Å²) in [6, 6.07) is 0.668. The number of aliphatic hydroxyl groups is 1. The van der Waals surface area contributed by atoms with Gasteiger partial charge in [-0.15, -0.1) is 0 Å². The first-order chi connectivity index (χ1) is 6.68. The van der Waals surface area contributed by atoms with Crippen LogP contribution in [0.4, 0.5) is 0 Å². The zero-order valence-corrected chi connectivity index (χ0v) is 9.78. The summed E-state index contributed by atoms with van der Waals surface area (Å²) in [5.74, 6) is 3.16. The highest BCUT2D eigenvalue weighted by Gasteiger charge is 2.33. The minimum Gasteiger partial charge on any atom is -0.389 e. The maximum Gasteiger partial charge on any atom is 0.0774 e. The van der Waals surface area contributed by atoms with E-state index in [0.29, 0.717) is 12.0 Å². The lowest BCUT2D eigenvalue weighted by Crippen LogP contribution is -2.50. The number of hydrogen-bond acceptors (Lipinski definition) is 3. The summed E-state index contributed by atoms with van der Waals surface area (Å²) in [6.45, 7) is 3.06. The van der Waals surface area contributed by atoms with Gasteiger partial charge in [0.2, 0.25) is 0 Å². The SMILES string of the molecule is CC1CCCC(O)(CNC2CSC2)C1. The largest absolute Gasteiger partial charge is 0.389 e. The van der Waals surface area contributed by atoms with E-state index < -0.39 is 5.60 Å². The Balaban J connectivity index is 1.75. The Morgan fingerprint density at radius 2 is 2.29 bits per heavy atom. The van der Waals surface area contributed by atoms with Gasteiger partial charge in [-0.1, -0.05) is 19.8 Å². The lowest BCUT2D eigenvalue weighted by atomic mass is 9.79. The zero-order chi connectivity index (χ0) is 10.0. The van der Waals surface area contributed by atoms with Crippen LogP contribution in [0.2, 0.25) is 0 Å². The predicted molar refractivity (Wildman–Crippen MR) is 61.7 cm³/mol. The molecule has 82 valence electrons. The van der Waals surface area contributed by atoms with Gasteiger partial charge in [-0.2, -0.15) is 11.8 Å². The molecule has 2 rings (SSSR count). The smallest absolute Gasteiger partial charge is 0.0774 e. The second-order valence-corrected chi connectivity index (χ2v) is 6.12. The van der Waals surface area contributed by atoms with Crippen molar-refractivity contribution in [3.05, 3.63) is 0 Å². The van der Waals surface area contributed by atoms with E-state index in [0.717, 1.165) is 19.4 Å². The van der Waals surface area contributed by atoms with Crippen LogP contribution in [0.15, 0.2) is 0 Å². The van der Waals surface area contributed by atoms with E-state index >= 15 is 0 Å². The quantitative estimate of drug-likeness (QED) is 0.750. The van der Waals surface area contributed by atoms with E-state index in [-0.39, 0.29) is 0 Å². The van der Waals surface area contributed by atoms with Crippen molar-refractivity contribution >= 4 is 11.8 Å². The first-order valence-corrected chi connectivity index (χ1v) is 6.87. The van der Waals surface area contributed by atoms with Gasteiger partial charge in [-0.25, -0.2) is 0 Å². The second kappa shape index (κ2) is 4.42. The van der Waals surface area contributed by atoms with Gasteiger partial charge < -0.3 is 10.4 Å². The molecule has 2 aliphatic rings. The summed E-state index contributed by atoms with van der Waals surface area (Å²) >= 11 is 1.99. The Morgan fingerprint density at radius 3 is 2.86 bits per heavy atom. The minimum absolute atomic E-state index is 0.405. The number of nitrogens with one attached hydrogen (secondary N) is 1. The normalized spacial score (nSPS) is 39.4. The van der Waals surface area contributed by atoms with Crippen LogP contribution in [-0.4, -0.2) is 34.8 Å². The number of thioether (sulfide) groups is 1. The van der Waals surface area contributed by atoms with Gasteiger partial charge in [0.05, 0.1) is 5.60 Å². The third kappa shape index (κ3) is 2.65. The van der Waals surface area contributed by atoms with Gasteiger partial charge >= 0.3 is 0 Å². The van der Waals surface area contributed by atoms with Crippen LogP contribution in [0.1, 0.15) is 32.6 Å². The molecule has 14 heavy (non-hydrogen) atoms. The molecule has 0 bridgehead atoms. The molecule has 0 amide bonds. The van der Waals surface area contributed by atoms with Crippen molar-refractivity contribution in [3.8, 4) is 0 Å². The molecule has 0 aromatic carbocycles. The molecule has 1 aliphatic heterocycles. The molecule has 2 nitrogen and oxygen atoms in total. The highest BCUT2D eigenvalue weighted by molar-refractivity contribution is 8.00. The first-order valence-electron chi connectivity index (χ1n) is 5.71. The molecule has 1 saturated heterocycles.